The lowest BCUT2D eigenvalue weighted by Gasteiger charge is -2.58. The number of rotatable bonds is 3. The van der Waals surface area contributed by atoms with E-state index in [1.54, 1.807) is 6.20 Å². The van der Waals surface area contributed by atoms with Gasteiger partial charge in [0.05, 0.1) is 11.3 Å². The van der Waals surface area contributed by atoms with E-state index in [4.69, 9.17) is 5.73 Å². The zero-order valence-electron chi connectivity index (χ0n) is 13.4. The lowest BCUT2D eigenvalue weighted by atomic mass is 9.54. The van der Waals surface area contributed by atoms with Crippen LogP contribution in [0.4, 0.5) is 5.69 Å². The molecule has 4 bridgehead atoms. The molecule has 4 aliphatic rings. The summed E-state index contributed by atoms with van der Waals surface area (Å²) in [4.78, 5) is 19.3. The number of aromatic amines is 1. The highest BCUT2D eigenvalue weighted by Gasteiger charge is 2.54. The second kappa shape index (κ2) is 4.97. The van der Waals surface area contributed by atoms with E-state index in [9.17, 15) is 4.79 Å². The summed E-state index contributed by atoms with van der Waals surface area (Å²) < 4.78 is 0.357. The Balaban J connectivity index is 1.54. The SMILES string of the molecule is NC(=O)c1cnc2[nH]ccc2c1NC1C2CC3CC1CC(Br)(C3)C2. The molecule has 2 atom stereocenters. The number of carbonyl (C=O) groups is 1. The second-order valence-electron chi connectivity index (χ2n) is 7.94. The minimum atomic E-state index is -0.422. The quantitative estimate of drug-likeness (QED) is 0.704. The number of anilines is 1. The third-order valence-electron chi connectivity index (χ3n) is 6.36. The van der Waals surface area contributed by atoms with Gasteiger partial charge >= 0.3 is 0 Å². The third-order valence-corrected chi connectivity index (χ3v) is 7.33. The molecule has 2 aromatic rings. The minimum absolute atomic E-state index is 0.357. The molecule has 0 radical (unpaired) electrons. The van der Waals surface area contributed by atoms with E-state index in [0.717, 1.165) is 22.6 Å². The molecule has 126 valence electrons. The van der Waals surface area contributed by atoms with Gasteiger partial charge in [0.25, 0.3) is 5.91 Å². The van der Waals surface area contributed by atoms with E-state index in [0.29, 0.717) is 27.8 Å². The van der Waals surface area contributed by atoms with Gasteiger partial charge in [0.1, 0.15) is 5.65 Å². The molecule has 4 fully saturated rings. The van der Waals surface area contributed by atoms with Crippen LogP contribution in [0.1, 0.15) is 42.5 Å². The van der Waals surface area contributed by atoms with Crippen molar-refractivity contribution in [1.29, 1.82) is 0 Å². The normalized spacial score (nSPS) is 37.0. The Morgan fingerprint density at radius 1 is 1.33 bits per heavy atom. The Labute approximate surface area is 148 Å². The summed E-state index contributed by atoms with van der Waals surface area (Å²) >= 11 is 4.02. The van der Waals surface area contributed by atoms with Crippen molar-refractivity contribution < 1.29 is 4.79 Å². The number of nitrogens with one attached hydrogen (secondary N) is 2. The Hall–Kier alpha value is -1.56. The van der Waals surface area contributed by atoms with E-state index in [-0.39, 0.29) is 0 Å². The predicted molar refractivity (Wildman–Crippen MR) is 97.2 cm³/mol. The van der Waals surface area contributed by atoms with Gasteiger partial charge in [-0.1, -0.05) is 15.9 Å². The molecule has 4 N–H and O–H groups in total. The van der Waals surface area contributed by atoms with E-state index in [2.05, 4.69) is 31.2 Å². The number of fused-ring (bicyclic) bond motifs is 1. The molecule has 1 amide bonds. The average molecular weight is 389 g/mol. The maximum atomic E-state index is 11.9. The number of hydrogen-bond donors (Lipinski definition) is 3. The predicted octanol–water partition coefficient (Wildman–Crippen LogP) is 3.42. The minimum Gasteiger partial charge on any atom is -0.380 e. The molecule has 6 heteroatoms. The van der Waals surface area contributed by atoms with Crippen LogP contribution in [0.2, 0.25) is 0 Å². The first-order valence-corrected chi connectivity index (χ1v) is 9.53. The van der Waals surface area contributed by atoms with E-state index in [1.165, 1.54) is 32.1 Å². The summed E-state index contributed by atoms with van der Waals surface area (Å²) in [5.74, 6) is 1.77. The van der Waals surface area contributed by atoms with Crippen LogP contribution < -0.4 is 11.1 Å². The first kappa shape index (κ1) is 14.8. The number of hydrogen-bond acceptors (Lipinski definition) is 3. The molecule has 0 aliphatic heterocycles. The molecular weight excluding hydrogens is 368 g/mol. The highest BCUT2D eigenvalue weighted by molar-refractivity contribution is 9.10. The molecule has 2 aromatic heterocycles. The standard InChI is InChI=1S/C18H21BrN4O/c19-18-5-9-3-10(6-18)14(11(4-9)7-18)23-15-12-1-2-21-17(12)22-8-13(15)16(20)24/h1-2,8-11,14H,3-7H2,(H2,20,24)(H2,21,22,23). The number of amides is 1. The van der Waals surface area contributed by atoms with Crippen molar-refractivity contribution in [3.05, 3.63) is 24.0 Å². The molecule has 6 rings (SSSR count). The Morgan fingerprint density at radius 2 is 2.08 bits per heavy atom. The topological polar surface area (TPSA) is 83.8 Å². The number of nitrogens with zero attached hydrogens (tertiary/aromatic N) is 1. The van der Waals surface area contributed by atoms with E-state index < -0.39 is 5.91 Å². The molecule has 24 heavy (non-hydrogen) atoms. The highest BCUT2D eigenvalue weighted by atomic mass is 79.9. The van der Waals surface area contributed by atoms with Gasteiger partial charge in [-0.2, -0.15) is 0 Å². The highest BCUT2D eigenvalue weighted by Crippen LogP contribution is 2.59. The van der Waals surface area contributed by atoms with Gasteiger partial charge in [0, 0.05) is 28.1 Å². The number of nitrogens with two attached hydrogens (primary N) is 1. The largest absolute Gasteiger partial charge is 0.380 e. The number of carbonyl (C=O) groups excluding carboxylic acids is 1. The van der Waals surface area contributed by atoms with E-state index >= 15 is 0 Å². The molecule has 0 saturated heterocycles. The van der Waals surface area contributed by atoms with Gasteiger partial charge in [0.2, 0.25) is 0 Å². The molecule has 0 aromatic carbocycles. The fraction of sp³-hybridized carbons (Fsp3) is 0.556. The Morgan fingerprint density at radius 3 is 2.75 bits per heavy atom. The number of pyridine rings is 1. The molecule has 4 saturated carbocycles. The zero-order valence-corrected chi connectivity index (χ0v) is 15.0. The van der Waals surface area contributed by atoms with Gasteiger partial charge in [-0.15, -0.1) is 0 Å². The smallest absolute Gasteiger partial charge is 0.252 e. The monoisotopic (exact) mass is 388 g/mol. The maximum absolute atomic E-state index is 11.9. The number of halogens is 1. The van der Waals surface area contributed by atoms with Crippen LogP contribution in [0.15, 0.2) is 18.5 Å². The van der Waals surface area contributed by atoms with Gasteiger partial charge in [-0.25, -0.2) is 4.98 Å². The number of H-pyrrole nitrogens is 1. The molecule has 5 nitrogen and oxygen atoms in total. The van der Waals surface area contributed by atoms with Crippen LogP contribution in [0, 0.1) is 17.8 Å². The number of primary amides is 1. The fourth-order valence-corrected chi connectivity index (χ4v) is 6.97. The number of aromatic nitrogens is 2. The summed E-state index contributed by atoms with van der Waals surface area (Å²) in [5, 5.41) is 4.69. The summed E-state index contributed by atoms with van der Waals surface area (Å²) in [6.07, 6.45) is 9.83. The van der Waals surface area contributed by atoms with Crippen molar-refractivity contribution in [2.45, 2.75) is 42.5 Å². The van der Waals surface area contributed by atoms with Crippen LogP contribution in [0.5, 0.6) is 0 Å². The van der Waals surface area contributed by atoms with E-state index in [1.807, 2.05) is 12.3 Å². The first-order chi connectivity index (χ1) is 11.5. The molecule has 2 unspecified atom stereocenters. The summed E-state index contributed by atoms with van der Waals surface area (Å²) in [5.41, 5.74) is 7.75. The van der Waals surface area contributed by atoms with Crippen molar-refractivity contribution in [2.75, 3.05) is 5.32 Å². The molecular formula is C18H21BrN4O. The van der Waals surface area contributed by atoms with Crippen LogP contribution in [0.3, 0.4) is 0 Å². The zero-order chi connectivity index (χ0) is 16.5. The van der Waals surface area contributed by atoms with Gasteiger partial charge < -0.3 is 16.0 Å². The van der Waals surface area contributed by atoms with Crippen molar-refractivity contribution in [3.8, 4) is 0 Å². The average Bonchev–Trinajstić information content (AvgIpc) is 2.97. The van der Waals surface area contributed by atoms with Crippen LogP contribution in [-0.2, 0) is 0 Å². The number of alkyl halides is 1. The Bertz CT molecular complexity index is 816. The fourth-order valence-electron chi connectivity index (χ4n) is 5.68. The second-order valence-corrected chi connectivity index (χ2v) is 9.62. The van der Waals surface area contributed by atoms with Crippen molar-refractivity contribution in [1.82, 2.24) is 9.97 Å². The van der Waals surface area contributed by atoms with Crippen molar-refractivity contribution in [2.24, 2.45) is 23.5 Å². The van der Waals surface area contributed by atoms with Crippen LogP contribution >= 0.6 is 15.9 Å². The van der Waals surface area contributed by atoms with Crippen molar-refractivity contribution >= 4 is 38.6 Å². The van der Waals surface area contributed by atoms with Gasteiger partial charge in [-0.05, 0) is 55.9 Å². The molecule has 2 heterocycles. The molecule has 0 spiro atoms. The molecule has 4 aliphatic carbocycles. The first-order valence-electron chi connectivity index (χ1n) is 8.74. The lowest BCUT2D eigenvalue weighted by Crippen LogP contribution is -2.56. The van der Waals surface area contributed by atoms with Gasteiger partial charge in [0.15, 0.2) is 0 Å². The lowest BCUT2D eigenvalue weighted by molar-refractivity contribution is 0.0281. The third kappa shape index (κ3) is 2.11. The summed E-state index contributed by atoms with van der Waals surface area (Å²) in [6, 6.07) is 2.39. The van der Waals surface area contributed by atoms with Crippen LogP contribution in [0.25, 0.3) is 11.0 Å². The van der Waals surface area contributed by atoms with Crippen LogP contribution in [-0.4, -0.2) is 26.2 Å². The van der Waals surface area contributed by atoms with Gasteiger partial charge in [-0.3, -0.25) is 4.79 Å². The Kier molecular flexibility index (Phi) is 3.06. The maximum Gasteiger partial charge on any atom is 0.252 e. The summed E-state index contributed by atoms with van der Waals surface area (Å²) in [6.45, 7) is 0. The summed E-state index contributed by atoms with van der Waals surface area (Å²) in [7, 11) is 0. The van der Waals surface area contributed by atoms with Crippen molar-refractivity contribution in [3.63, 3.8) is 0 Å².